The average Bonchev–Trinajstić information content (AvgIpc) is 2.84. The number of hydrogen-bond donors (Lipinski definition) is 1. The van der Waals surface area contributed by atoms with Crippen molar-refractivity contribution in [3.05, 3.63) is 27.4 Å². The fourth-order valence-electron chi connectivity index (χ4n) is 2.71. The maximum atomic E-state index is 11.6. The summed E-state index contributed by atoms with van der Waals surface area (Å²) < 4.78 is 0. The van der Waals surface area contributed by atoms with Crippen molar-refractivity contribution >= 4 is 29.1 Å². The Labute approximate surface area is 126 Å². The summed E-state index contributed by atoms with van der Waals surface area (Å²) in [4.78, 5) is 27.9. The zero-order valence-corrected chi connectivity index (χ0v) is 12.5. The van der Waals surface area contributed by atoms with Gasteiger partial charge in [-0.05, 0) is 12.3 Å². The molecule has 0 saturated carbocycles. The number of aliphatic carboxylic acids is 1. The highest BCUT2D eigenvalue weighted by molar-refractivity contribution is 6.30. The maximum absolute atomic E-state index is 11.6. The van der Waals surface area contributed by atoms with Gasteiger partial charge < -0.3 is 10.0 Å². The first-order valence-corrected chi connectivity index (χ1v) is 6.94. The summed E-state index contributed by atoms with van der Waals surface area (Å²) in [5.41, 5.74) is -1.11. The van der Waals surface area contributed by atoms with Gasteiger partial charge in [0.25, 0.3) is 0 Å². The van der Waals surface area contributed by atoms with Crippen molar-refractivity contribution in [2.75, 3.05) is 18.0 Å². The number of carboxylic acid groups (broad SMARTS) is 1. The lowest BCUT2D eigenvalue weighted by atomic mass is 9.76. The Bertz CT molecular complexity index is 593. The molecule has 1 aliphatic rings. The molecule has 1 saturated heterocycles. The van der Waals surface area contributed by atoms with Gasteiger partial charge in [0.15, 0.2) is 0 Å². The molecule has 1 aliphatic heterocycles. The highest BCUT2D eigenvalue weighted by Crippen LogP contribution is 2.41. The fraction of sp³-hybridized carbons (Fsp3) is 0.538. The minimum Gasteiger partial charge on any atom is -0.481 e. The molecule has 8 heteroatoms. The molecule has 0 radical (unpaired) electrons. The smallest absolute Gasteiger partial charge is 0.313 e. The van der Waals surface area contributed by atoms with E-state index >= 15 is 0 Å². The average molecular weight is 314 g/mol. The molecule has 1 unspecified atom stereocenters. The van der Waals surface area contributed by atoms with Gasteiger partial charge >= 0.3 is 11.7 Å². The molecule has 1 atom stereocenters. The minimum absolute atomic E-state index is 0.0774. The normalized spacial score (nSPS) is 21.8. The highest BCUT2D eigenvalue weighted by Gasteiger charge is 2.48. The molecule has 2 heterocycles. The van der Waals surface area contributed by atoms with E-state index in [-0.39, 0.29) is 29.0 Å². The van der Waals surface area contributed by atoms with E-state index in [0.717, 1.165) is 0 Å². The number of anilines is 1. The van der Waals surface area contributed by atoms with Crippen LogP contribution in [0.15, 0.2) is 12.3 Å². The van der Waals surface area contributed by atoms with E-state index in [1.165, 1.54) is 12.3 Å². The van der Waals surface area contributed by atoms with Gasteiger partial charge in [0.1, 0.15) is 0 Å². The van der Waals surface area contributed by atoms with Crippen LogP contribution in [0.2, 0.25) is 5.02 Å². The molecule has 0 spiro atoms. The van der Waals surface area contributed by atoms with E-state index in [4.69, 9.17) is 11.6 Å². The molecular weight excluding hydrogens is 298 g/mol. The van der Waals surface area contributed by atoms with Crippen molar-refractivity contribution in [2.24, 2.45) is 11.3 Å². The molecule has 1 aromatic heterocycles. The topological polar surface area (TPSA) is 96.6 Å². The van der Waals surface area contributed by atoms with E-state index in [2.05, 4.69) is 4.98 Å². The van der Waals surface area contributed by atoms with Crippen molar-refractivity contribution < 1.29 is 14.8 Å². The number of nitrogens with zero attached hydrogens (tertiary/aromatic N) is 3. The van der Waals surface area contributed by atoms with Gasteiger partial charge in [0, 0.05) is 25.4 Å². The lowest BCUT2D eigenvalue weighted by Gasteiger charge is -2.28. The molecule has 2 rings (SSSR count). The van der Waals surface area contributed by atoms with Gasteiger partial charge in [-0.3, -0.25) is 14.9 Å². The second-order valence-electron chi connectivity index (χ2n) is 5.54. The van der Waals surface area contributed by atoms with Gasteiger partial charge in [-0.15, -0.1) is 0 Å². The lowest BCUT2D eigenvalue weighted by Crippen LogP contribution is -2.39. The van der Waals surface area contributed by atoms with Gasteiger partial charge in [-0.1, -0.05) is 25.4 Å². The number of aromatic nitrogens is 1. The Balaban J connectivity index is 2.38. The fourth-order valence-corrected chi connectivity index (χ4v) is 2.86. The van der Waals surface area contributed by atoms with E-state index in [9.17, 15) is 20.0 Å². The molecule has 1 fully saturated rings. The number of halogens is 1. The number of hydrogen-bond acceptors (Lipinski definition) is 5. The van der Waals surface area contributed by atoms with Crippen LogP contribution in [0, 0.1) is 21.4 Å². The Morgan fingerprint density at radius 2 is 2.29 bits per heavy atom. The molecule has 1 aromatic rings. The summed E-state index contributed by atoms with van der Waals surface area (Å²) in [5, 5.41) is 20.8. The Morgan fingerprint density at radius 3 is 2.76 bits per heavy atom. The summed E-state index contributed by atoms with van der Waals surface area (Å²) in [6.07, 6.45) is 1.77. The van der Waals surface area contributed by atoms with Crippen molar-refractivity contribution in [1.82, 2.24) is 4.98 Å². The molecule has 0 aromatic carbocycles. The van der Waals surface area contributed by atoms with Gasteiger partial charge in [0.2, 0.25) is 5.82 Å². The maximum Gasteiger partial charge on any atom is 0.313 e. The number of rotatable bonds is 4. The molecule has 1 N–H and O–H groups in total. The van der Waals surface area contributed by atoms with Crippen LogP contribution < -0.4 is 4.90 Å². The summed E-state index contributed by atoms with van der Waals surface area (Å²) in [6, 6.07) is 1.24. The van der Waals surface area contributed by atoms with Crippen LogP contribution in [0.4, 0.5) is 11.5 Å². The first kappa shape index (κ1) is 15.5. The summed E-state index contributed by atoms with van der Waals surface area (Å²) in [7, 11) is 0. The molecule has 7 nitrogen and oxygen atoms in total. The third kappa shape index (κ3) is 2.65. The van der Waals surface area contributed by atoms with Crippen molar-refractivity contribution in [3.63, 3.8) is 0 Å². The van der Waals surface area contributed by atoms with Crippen molar-refractivity contribution in [1.29, 1.82) is 0 Å². The largest absolute Gasteiger partial charge is 0.481 e. The van der Waals surface area contributed by atoms with E-state index in [1.807, 2.05) is 13.8 Å². The monoisotopic (exact) mass is 313 g/mol. The predicted molar refractivity (Wildman–Crippen MR) is 77.6 cm³/mol. The first-order chi connectivity index (χ1) is 9.78. The summed E-state index contributed by atoms with van der Waals surface area (Å²) >= 11 is 5.74. The van der Waals surface area contributed by atoms with Crippen LogP contribution in [-0.2, 0) is 4.79 Å². The summed E-state index contributed by atoms with van der Waals surface area (Å²) in [6.45, 7) is 4.32. The van der Waals surface area contributed by atoms with Crippen molar-refractivity contribution in [3.8, 4) is 0 Å². The SMILES string of the molecule is CC(C)C1(C(=O)O)CCN(c2ncc(Cl)cc2[N+](=O)[O-])C1. The van der Waals surface area contributed by atoms with E-state index < -0.39 is 16.3 Å². The van der Waals surface area contributed by atoms with Crippen LogP contribution >= 0.6 is 11.6 Å². The quantitative estimate of drug-likeness (QED) is 0.678. The zero-order chi connectivity index (χ0) is 15.8. The molecule has 0 amide bonds. The zero-order valence-electron chi connectivity index (χ0n) is 11.7. The van der Waals surface area contributed by atoms with Crippen LogP contribution in [0.1, 0.15) is 20.3 Å². The predicted octanol–water partition coefficient (Wildman–Crippen LogP) is 2.58. The minimum atomic E-state index is -0.908. The van der Waals surface area contributed by atoms with Gasteiger partial charge in [-0.2, -0.15) is 0 Å². The number of nitro groups is 1. The third-order valence-corrected chi connectivity index (χ3v) is 4.35. The van der Waals surface area contributed by atoms with Crippen LogP contribution in [0.5, 0.6) is 0 Å². The van der Waals surface area contributed by atoms with Crippen molar-refractivity contribution in [2.45, 2.75) is 20.3 Å². The van der Waals surface area contributed by atoms with E-state index in [0.29, 0.717) is 13.0 Å². The van der Waals surface area contributed by atoms with Crippen LogP contribution in [0.25, 0.3) is 0 Å². The molecule has 0 bridgehead atoms. The Hall–Kier alpha value is -1.89. The summed E-state index contributed by atoms with van der Waals surface area (Å²) in [5.74, 6) is -0.781. The van der Waals surface area contributed by atoms with Crippen LogP contribution in [-0.4, -0.2) is 34.1 Å². The molecule has 21 heavy (non-hydrogen) atoms. The standard InChI is InChI=1S/C13H16ClN3O4/c1-8(2)13(12(18)19)3-4-16(7-13)11-10(17(20)21)5-9(14)6-15-11/h5-6,8H,3-4,7H2,1-2H3,(H,18,19). The third-order valence-electron chi connectivity index (χ3n) is 4.14. The Kier molecular flexibility index (Phi) is 4.04. The van der Waals surface area contributed by atoms with Gasteiger partial charge in [-0.25, -0.2) is 4.98 Å². The lowest BCUT2D eigenvalue weighted by molar-refractivity contribution is -0.384. The molecule has 114 valence electrons. The second kappa shape index (κ2) is 5.48. The Morgan fingerprint density at radius 1 is 1.62 bits per heavy atom. The number of pyridine rings is 1. The van der Waals surface area contributed by atoms with Crippen LogP contribution in [0.3, 0.4) is 0 Å². The molecule has 0 aliphatic carbocycles. The highest BCUT2D eigenvalue weighted by atomic mass is 35.5. The number of carbonyl (C=O) groups is 1. The second-order valence-corrected chi connectivity index (χ2v) is 5.98. The number of carboxylic acids is 1. The van der Waals surface area contributed by atoms with E-state index in [1.54, 1.807) is 4.90 Å². The molecular formula is C13H16ClN3O4. The first-order valence-electron chi connectivity index (χ1n) is 6.56. The van der Waals surface area contributed by atoms with Gasteiger partial charge in [0.05, 0.1) is 15.4 Å².